The number of carbonyl (C=O) groups is 3. The van der Waals surface area contributed by atoms with Gasteiger partial charge in [0.2, 0.25) is 11.8 Å². The van der Waals surface area contributed by atoms with Crippen LogP contribution in [0.15, 0.2) is 24.3 Å². The third kappa shape index (κ3) is 6.22. The lowest BCUT2D eigenvalue weighted by molar-refractivity contribution is -0.134. The van der Waals surface area contributed by atoms with Crippen LogP contribution in [-0.4, -0.2) is 67.0 Å². The molecule has 26 heavy (non-hydrogen) atoms. The molecule has 1 heterocycles. The molecule has 1 N–H and O–H groups in total. The summed E-state index contributed by atoms with van der Waals surface area (Å²) in [6, 6.07) is 7.36. The maximum absolute atomic E-state index is 12.2. The van der Waals surface area contributed by atoms with Crippen molar-refractivity contribution >= 4 is 29.5 Å². The molecule has 1 aliphatic heterocycles. The van der Waals surface area contributed by atoms with Crippen molar-refractivity contribution in [3.05, 3.63) is 34.9 Å². The van der Waals surface area contributed by atoms with Gasteiger partial charge in [0, 0.05) is 37.6 Å². The van der Waals surface area contributed by atoms with Gasteiger partial charge in [-0.05, 0) is 31.0 Å². The number of nitrogens with one attached hydrogen (secondary N) is 1. The summed E-state index contributed by atoms with van der Waals surface area (Å²) in [5.74, 6) is -0.326. The van der Waals surface area contributed by atoms with Crippen LogP contribution in [-0.2, 0) is 20.7 Å². The van der Waals surface area contributed by atoms with Crippen LogP contribution in [0.4, 0.5) is 4.79 Å². The monoisotopic (exact) mass is 381 g/mol. The number of benzene rings is 1. The summed E-state index contributed by atoms with van der Waals surface area (Å²) >= 11 is 5.91. The number of ether oxygens (including phenoxy) is 1. The summed E-state index contributed by atoms with van der Waals surface area (Å²) in [6.07, 6.45) is 0.511. The van der Waals surface area contributed by atoms with Crippen LogP contribution in [0.2, 0.25) is 5.02 Å². The van der Waals surface area contributed by atoms with Crippen molar-refractivity contribution in [3.63, 3.8) is 0 Å². The first-order chi connectivity index (χ1) is 12.5. The van der Waals surface area contributed by atoms with Crippen LogP contribution in [0.3, 0.4) is 0 Å². The van der Waals surface area contributed by atoms with E-state index in [0.717, 1.165) is 5.56 Å². The molecule has 0 saturated carbocycles. The molecule has 1 fully saturated rings. The zero-order chi connectivity index (χ0) is 18.9. The lowest BCUT2D eigenvalue weighted by Gasteiger charge is -2.34. The normalized spacial score (nSPS) is 14.1. The topological polar surface area (TPSA) is 79.0 Å². The van der Waals surface area contributed by atoms with Gasteiger partial charge < -0.3 is 19.9 Å². The third-order valence-electron chi connectivity index (χ3n) is 4.12. The number of hydrogen-bond acceptors (Lipinski definition) is 4. The highest BCUT2D eigenvalue weighted by atomic mass is 35.5. The molecule has 0 atom stereocenters. The van der Waals surface area contributed by atoms with Crippen LogP contribution < -0.4 is 5.32 Å². The molecule has 0 spiro atoms. The van der Waals surface area contributed by atoms with E-state index in [9.17, 15) is 14.4 Å². The average Bonchev–Trinajstić information content (AvgIpc) is 2.65. The number of rotatable bonds is 6. The maximum atomic E-state index is 12.2. The molecule has 0 unspecified atom stereocenters. The fourth-order valence-corrected chi connectivity index (χ4v) is 2.89. The molecule has 0 aromatic heterocycles. The van der Waals surface area contributed by atoms with Crippen molar-refractivity contribution < 1.29 is 19.1 Å². The lowest BCUT2D eigenvalue weighted by atomic mass is 10.1. The SMILES string of the molecule is CCOC(=O)N1CCN(C(=O)CNC(=O)CCc2cccc(Cl)c2)CC1. The van der Waals surface area contributed by atoms with Crippen molar-refractivity contribution in [1.29, 1.82) is 0 Å². The molecular weight excluding hydrogens is 358 g/mol. The Morgan fingerprint density at radius 1 is 1.15 bits per heavy atom. The second kappa shape index (κ2) is 10.0. The van der Waals surface area contributed by atoms with Gasteiger partial charge in [-0.15, -0.1) is 0 Å². The Hall–Kier alpha value is -2.28. The van der Waals surface area contributed by atoms with E-state index >= 15 is 0 Å². The number of carbonyl (C=O) groups excluding carboxylic acids is 3. The second-order valence-corrected chi connectivity index (χ2v) is 6.41. The molecule has 0 radical (unpaired) electrons. The highest BCUT2D eigenvalue weighted by molar-refractivity contribution is 6.30. The van der Waals surface area contributed by atoms with Gasteiger partial charge in [0.25, 0.3) is 0 Å². The molecule has 2 rings (SSSR count). The molecule has 0 aliphatic carbocycles. The van der Waals surface area contributed by atoms with E-state index in [1.54, 1.807) is 22.8 Å². The predicted molar refractivity (Wildman–Crippen MR) is 98.0 cm³/mol. The fourth-order valence-electron chi connectivity index (χ4n) is 2.68. The standard InChI is InChI=1S/C18H24ClN3O4/c1-2-26-18(25)22-10-8-21(9-11-22)17(24)13-20-16(23)7-6-14-4-3-5-15(19)12-14/h3-5,12H,2,6-11,13H2,1H3,(H,20,23). The quantitative estimate of drug-likeness (QED) is 0.813. The van der Waals surface area contributed by atoms with Gasteiger partial charge in [-0.3, -0.25) is 9.59 Å². The number of halogens is 1. The van der Waals surface area contributed by atoms with Crippen LogP contribution in [0.5, 0.6) is 0 Å². The smallest absolute Gasteiger partial charge is 0.409 e. The molecule has 3 amide bonds. The van der Waals surface area contributed by atoms with E-state index in [4.69, 9.17) is 16.3 Å². The van der Waals surface area contributed by atoms with Crippen LogP contribution in [0.1, 0.15) is 18.9 Å². The molecular formula is C18H24ClN3O4. The van der Waals surface area contributed by atoms with Crippen LogP contribution in [0, 0.1) is 0 Å². The second-order valence-electron chi connectivity index (χ2n) is 5.97. The van der Waals surface area contributed by atoms with Gasteiger partial charge in [-0.25, -0.2) is 4.79 Å². The molecule has 1 aromatic rings. The van der Waals surface area contributed by atoms with Crippen molar-refractivity contribution in [2.24, 2.45) is 0 Å². The van der Waals surface area contributed by atoms with Gasteiger partial charge in [0.05, 0.1) is 13.2 Å². The van der Waals surface area contributed by atoms with Gasteiger partial charge >= 0.3 is 6.09 Å². The average molecular weight is 382 g/mol. The molecule has 1 aliphatic rings. The summed E-state index contributed by atoms with van der Waals surface area (Å²) in [4.78, 5) is 39.0. The summed E-state index contributed by atoms with van der Waals surface area (Å²) in [5.41, 5.74) is 0.981. The molecule has 142 valence electrons. The first-order valence-corrected chi connectivity index (χ1v) is 9.08. The Kier molecular flexibility index (Phi) is 7.72. The zero-order valence-corrected chi connectivity index (χ0v) is 15.6. The van der Waals surface area contributed by atoms with E-state index in [1.165, 1.54) is 0 Å². The Labute approximate surface area is 158 Å². The lowest BCUT2D eigenvalue weighted by Crippen LogP contribution is -2.52. The van der Waals surface area contributed by atoms with Crippen molar-refractivity contribution in [1.82, 2.24) is 15.1 Å². The number of aryl methyl sites for hydroxylation is 1. The molecule has 1 aromatic carbocycles. The first kappa shape index (κ1) is 20.0. The number of hydrogen-bond donors (Lipinski definition) is 1. The van der Waals surface area contributed by atoms with Gasteiger partial charge in [0.1, 0.15) is 0 Å². The minimum atomic E-state index is -0.353. The summed E-state index contributed by atoms with van der Waals surface area (Å²) in [7, 11) is 0. The highest BCUT2D eigenvalue weighted by Gasteiger charge is 2.24. The predicted octanol–water partition coefficient (Wildman–Crippen LogP) is 1.69. The molecule has 1 saturated heterocycles. The number of nitrogens with zero attached hydrogens (tertiary/aromatic N) is 2. The van der Waals surface area contributed by atoms with Crippen LogP contribution >= 0.6 is 11.6 Å². The van der Waals surface area contributed by atoms with Crippen molar-refractivity contribution in [2.75, 3.05) is 39.3 Å². The maximum Gasteiger partial charge on any atom is 0.409 e. The molecule has 0 bridgehead atoms. The Morgan fingerprint density at radius 2 is 1.85 bits per heavy atom. The van der Waals surface area contributed by atoms with E-state index < -0.39 is 0 Å². The first-order valence-electron chi connectivity index (χ1n) is 8.70. The Morgan fingerprint density at radius 3 is 2.50 bits per heavy atom. The Bertz CT molecular complexity index is 645. The zero-order valence-electron chi connectivity index (χ0n) is 14.9. The largest absolute Gasteiger partial charge is 0.450 e. The van der Waals surface area contributed by atoms with E-state index in [0.29, 0.717) is 50.7 Å². The number of piperazine rings is 1. The van der Waals surface area contributed by atoms with E-state index in [2.05, 4.69) is 5.32 Å². The summed E-state index contributed by atoms with van der Waals surface area (Å²) in [6.45, 7) is 3.81. The third-order valence-corrected chi connectivity index (χ3v) is 4.36. The van der Waals surface area contributed by atoms with Crippen molar-refractivity contribution in [2.45, 2.75) is 19.8 Å². The summed E-state index contributed by atoms with van der Waals surface area (Å²) < 4.78 is 4.95. The van der Waals surface area contributed by atoms with Gasteiger partial charge in [0.15, 0.2) is 0 Å². The Balaban J connectivity index is 1.67. The molecule has 7 nitrogen and oxygen atoms in total. The van der Waals surface area contributed by atoms with Crippen molar-refractivity contribution in [3.8, 4) is 0 Å². The fraction of sp³-hybridized carbons (Fsp3) is 0.500. The number of amides is 3. The van der Waals surface area contributed by atoms with Gasteiger partial charge in [-0.1, -0.05) is 23.7 Å². The molecule has 8 heteroatoms. The summed E-state index contributed by atoms with van der Waals surface area (Å²) in [5, 5.41) is 3.29. The highest BCUT2D eigenvalue weighted by Crippen LogP contribution is 2.12. The van der Waals surface area contributed by atoms with E-state index in [-0.39, 0.29) is 24.5 Å². The van der Waals surface area contributed by atoms with Gasteiger partial charge in [-0.2, -0.15) is 0 Å². The minimum absolute atomic E-state index is 0.0339. The van der Waals surface area contributed by atoms with E-state index in [1.807, 2.05) is 18.2 Å². The minimum Gasteiger partial charge on any atom is -0.450 e. The van der Waals surface area contributed by atoms with Crippen LogP contribution in [0.25, 0.3) is 0 Å².